The molecule has 0 aliphatic rings. The zero-order valence-corrected chi connectivity index (χ0v) is 16.1. The lowest BCUT2D eigenvalue weighted by Crippen LogP contribution is -2.30. The molecule has 1 amide bonds. The van der Waals surface area contributed by atoms with Crippen LogP contribution in [0, 0.1) is 0 Å². The Bertz CT molecular complexity index is 862. The highest BCUT2D eigenvalue weighted by molar-refractivity contribution is 5.98. The fourth-order valence-electron chi connectivity index (χ4n) is 2.50. The van der Waals surface area contributed by atoms with Crippen LogP contribution in [0.1, 0.15) is 40.1 Å². The van der Waals surface area contributed by atoms with Crippen LogP contribution in [0.25, 0.3) is 0 Å². The van der Waals surface area contributed by atoms with Gasteiger partial charge in [0.25, 0.3) is 5.91 Å². The molecule has 0 bridgehead atoms. The van der Waals surface area contributed by atoms with Crippen LogP contribution in [-0.4, -0.2) is 37.9 Å². The highest BCUT2D eigenvalue weighted by Crippen LogP contribution is 2.21. The highest BCUT2D eigenvalue weighted by Gasteiger charge is 2.14. The van der Waals surface area contributed by atoms with E-state index in [-0.39, 0.29) is 18.9 Å². The molecule has 0 spiro atoms. The number of carbonyl (C=O) groups is 3. The van der Waals surface area contributed by atoms with Crippen LogP contribution in [-0.2, 0) is 16.1 Å². The zero-order valence-electron chi connectivity index (χ0n) is 16.1. The number of methoxy groups -OCH3 is 1. The average Bonchev–Trinajstić information content (AvgIpc) is 2.70. The van der Waals surface area contributed by atoms with Crippen LogP contribution in [0.15, 0.2) is 42.5 Å². The van der Waals surface area contributed by atoms with Gasteiger partial charge in [-0.2, -0.15) is 0 Å². The third kappa shape index (κ3) is 5.57. The van der Waals surface area contributed by atoms with Crippen molar-refractivity contribution in [3.63, 3.8) is 0 Å². The molecule has 1 N–H and O–H groups in total. The van der Waals surface area contributed by atoms with Gasteiger partial charge in [0.15, 0.2) is 5.78 Å². The van der Waals surface area contributed by atoms with Gasteiger partial charge in [0.05, 0.1) is 19.3 Å². The van der Waals surface area contributed by atoms with Crippen LogP contribution in [0.4, 0.5) is 0 Å². The van der Waals surface area contributed by atoms with Gasteiger partial charge in [-0.3, -0.25) is 14.4 Å². The summed E-state index contributed by atoms with van der Waals surface area (Å²) in [5.74, 6) is -0.195. The molecule has 0 heterocycles. The Balaban J connectivity index is 1.94. The summed E-state index contributed by atoms with van der Waals surface area (Å²) in [6.45, 7) is 3.32. The number of para-hydroxylation sites is 1. The van der Waals surface area contributed by atoms with Gasteiger partial charge in [-0.1, -0.05) is 12.1 Å². The second kappa shape index (κ2) is 10.1. The molecule has 0 saturated carbocycles. The first-order valence-electron chi connectivity index (χ1n) is 8.79. The second-order valence-electron chi connectivity index (χ2n) is 5.86. The zero-order chi connectivity index (χ0) is 20.5. The second-order valence-corrected chi connectivity index (χ2v) is 5.86. The van der Waals surface area contributed by atoms with E-state index in [2.05, 4.69) is 5.32 Å². The number of ether oxygens (including phenoxy) is 3. The number of ketones is 1. The van der Waals surface area contributed by atoms with Crippen molar-refractivity contribution >= 4 is 17.7 Å². The molecule has 148 valence electrons. The van der Waals surface area contributed by atoms with Gasteiger partial charge in [0.1, 0.15) is 24.7 Å². The summed E-state index contributed by atoms with van der Waals surface area (Å²) in [6, 6.07) is 11.7. The standard InChI is InChI=1S/C21H23NO6/c1-4-27-19-8-6-5-7-17(19)21(25)22-12-20(24)28-13-16-11-15(14(2)23)9-10-18(16)26-3/h5-11H,4,12-13H2,1-3H3,(H,22,25). The predicted molar refractivity (Wildman–Crippen MR) is 103 cm³/mol. The Hall–Kier alpha value is -3.35. The van der Waals surface area contributed by atoms with Crippen molar-refractivity contribution in [3.8, 4) is 11.5 Å². The molecule has 0 saturated heterocycles. The van der Waals surface area contributed by atoms with Crippen molar-refractivity contribution in [1.82, 2.24) is 5.32 Å². The van der Waals surface area contributed by atoms with Crippen molar-refractivity contribution in [3.05, 3.63) is 59.2 Å². The molecule has 0 fully saturated rings. The average molecular weight is 385 g/mol. The number of hydrogen-bond donors (Lipinski definition) is 1. The Kier molecular flexibility index (Phi) is 7.56. The molecule has 2 rings (SSSR count). The van der Waals surface area contributed by atoms with E-state index in [4.69, 9.17) is 14.2 Å². The van der Waals surface area contributed by atoms with E-state index in [1.807, 2.05) is 6.92 Å². The van der Waals surface area contributed by atoms with Crippen LogP contribution >= 0.6 is 0 Å². The van der Waals surface area contributed by atoms with E-state index in [9.17, 15) is 14.4 Å². The fourth-order valence-corrected chi connectivity index (χ4v) is 2.50. The minimum atomic E-state index is -0.613. The van der Waals surface area contributed by atoms with E-state index in [0.717, 1.165) is 0 Å². The normalized spacial score (nSPS) is 10.1. The Morgan fingerprint density at radius 2 is 1.79 bits per heavy atom. The van der Waals surface area contributed by atoms with Crippen LogP contribution < -0.4 is 14.8 Å². The summed E-state index contributed by atoms with van der Waals surface area (Å²) in [6.07, 6.45) is 0. The summed E-state index contributed by atoms with van der Waals surface area (Å²) in [5, 5.41) is 2.51. The topological polar surface area (TPSA) is 90.9 Å². The minimum Gasteiger partial charge on any atom is -0.496 e. The molecular formula is C21H23NO6. The van der Waals surface area contributed by atoms with Crippen LogP contribution in [0.2, 0.25) is 0 Å². The molecule has 0 aliphatic heterocycles. The maximum atomic E-state index is 12.3. The number of nitrogens with one attached hydrogen (secondary N) is 1. The van der Waals surface area contributed by atoms with Gasteiger partial charge in [0, 0.05) is 11.1 Å². The highest BCUT2D eigenvalue weighted by atomic mass is 16.5. The molecule has 0 aromatic heterocycles. The minimum absolute atomic E-state index is 0.0749. The largest absolute Gasteiger partial charge is 0.496 e. The van der Waals surface area contributed by atoms with E-state index in [1.54, 1.807) is 42.5 Å². The van der Waals surface area contributed by atoms with Crippen molar-refractivity contribution in [2.75, 3.05) is 20.3 Å². The Morgan fingerprint density at radius 1 is 1.04 bits per heavy atom. The third-order valence-electron chi connectivity index (χ3n) is 3.90. The number of amides is 1. The molecule has 0 radical (unpaired) electrons. The number of benzene rings is 2. The van der Waals surface area contributed by atoms with Crippen LogP contribution in [0.3, 0.4) is 0 Å². The molecule has 2 aromatic carbocycles. The summed E-state index contributed by atoms with van der Waals surface area (Å²) >= 11 is 0. The van der Waals surface area contributed by atoms with Gasteiger partial charge in [-0.15, -0.1) is 0 Å². The van der Waals surface area contributed by atoms with Crippen molar-refractivity contribution in [1.29, 1.82) is 0 Å². The monoisotopic (exact) mass is 385 g/mol. The number of rotatable bonds is 9. The van der Waals surface area contributed by atoms with Gasteiger partial charge < -0.3 is 19.5 Å². The van der Waals surface area contributed by atoms with E-state index >= 15 is 0 Å². The smallest absolute Gasteiger partial charge is 0.325 e. The maximum absolute atomic E-state index is 12.3. The first-order chi connectivity index (χ1) is 13.5. The Morgan fingerprint density at radius 3 is 2.46 bits per heavy atom. The molecule has 2 aromatic rings. The van der Waals surface area contributed by atoms with Gasteiger partial charge in [-0.25, -0.2) is 0 Å². The first kappa shape index (κ1) is 21.0. The predicted octanol–water partition coefficient (Wildman–Crippen LogP) is 2.77. The molecular weight excluding hydrogens is 362 g/mol. The molecule has 7 nitrogen and oxygen atoms in total. The first-order valence-corrected chi connectivity index (χ1v) is 8.79. The van der Waals surface area contributed by atoms with E-state index < -0.39 is 11.9 Å². The molecule has 0 aliphatic carbocycles. The lowest BCUT2D eigenvalue weighted by molar-refractivity contribution is -0.143. The van der Waals surface area contributed by atoms with Gasteiger partial charge in [-0.05, 0) is 44.2 Å². The van der Waals surface area contributed by atoms with Crippen molar-refractivity contribution in [2.24, 2.45) is 0 Å². The molecule has 0 unspecified atom stereocenters. The third-order valence-corrected chi connectivity index (χ3v) is 3.90. The van der Waals surface area contributed by atoms with Crippen molar-refractivity contribution in [2.45, 2.75) is 20.5 Å². The Labute approximate surface area is 163 Å². The summed E-state index contributed by atoms with van der Waals surface area (Å²) in [4.78, 5) is 35.8. The number of hydrogen-bond acceptors (Lipinski definition) is 6. The fraction of sp³-hybridized carbons (Fsp3) is 0.286. The van der Waals surface area contributed by atoms with E-state index in [0.29, 0.717) is 34.8 Å². The number of esters is 1. The number of Topliss-reactive ketones (excluding diaryl/α,β-unsaturated/α-hetero) is 1. The van der Waals surface area contributed by atoms with Gasteiger partial charge >= 0.3 is 5.97 Å². The molecule has 0 atom stereocenters. The molecule has 28 heavy (non-hydrogen) atoms. The maximum Gasteiger partial charge on any atom is 0.325 e. The number of carbonyl (C=O) groups excluding carboxylic acids is 3. The SMILES string of the molecule is CCOc1ccccc1C(=O)NCC(=O)OCc1cc(C(C)=O)ccc1OC. The van der Waals surface area contributed by atoms with E-state index in [1.165, 1.54) is 14.0 Å². The summed E-state index contributed by atoms with van der Waals surface area (Å²) in [5.41, 5.74) is 1.40. The quantitative estimate of drug-likeness (QED) is 0.527. The van der Waals surface area contributed by atoms with Gasteiger partial charge in [0.2, 0.25) is 0 Å². The lowest BCUT2D eigenvalue weighted by Gasteiger charge is -2.12. The summed E-state index contributed by atoms with van der Waals surface area (Å²) in [7, 11) is 1.49. The lowest BCUT2D eigenvalue weighted by atomic mass is 10.1. The van der Waals surface area contributed by atoms with Crippen molar-refractivity contribution < 1.29 is 28.6 Å². The molecule has 7 heteroatoms. The summed E-state index contributed by atoms with van der Waals surface area (Å²) < 4.78 is 15.8. The van der Waals surface area contributed by atoms with Crippen LogP contribution in [0.5, 0.6) is 11.5 Å².